The summed E-state index contributed by atoms with van der Waals surface area (Å²) in [6, 6.07) is 0. The molecule has 0 aliphatic carbocycles. The topological polar surface area (TPSA) is 46.5 Å². The van der Waals surface area contributed by atoms with Crippen LogP contribution in [-0.2, 0) is 9.53 Å². The molecule has 0 spiro atoms. The van der Waals surface area contributed by atoms with Gasteiger partial charge in [0.15, 0.2) is 0 Å². The summed E-state index contributed by atoms with van der Waals surface area (Å²) in [5, 5.41) is 8.45. The van der Waals surface area contributed by atoms with Gasteiger partial charge in [-0.05, 0) is 19.8 Å². The highest BCUT2D eigenvalue weighted by Gasteiger charge is 2.15. The summed E-state index contributed by atoms with van der Waals surface area (Å²) < 4.78 is 4.82. The average molecular weight is 186 g/mol. The Morgan fingerprint density at radius 1 is 1.62 bits per heavy atom. The summed E-state index contributed by atoms with van der Waals surface area (Å²) >= 11 is 0. The summed E-state index contributed by atoms with van der Waals surface area (Å²) in [6.45, 7) is 3.87. The molecular weight excluding hydrogens is 168 g/mol. The molecule has 1 N–H and O–H groups in total. The van der Waals surface area contributed by atoms with Crippen LogP contribution >= 0.6 is 0 Å². The molecule has 0 saturated heterocycles. The molecule has 0 aromatic rings. The van der Waals surface area contributed by atoms with Gasteiger partial charge in [-0.25, -0.2) is 0 Å². The van der Waals surface area contributed by atoms with E-state index in [2.05, 4.69) is 0 Å². The molecule has 0 amide bonds. The third-order valence-electron chi connectivity index (χ3n) is 1.82. The molecule has 0 aromatic heterocycles. The largest absolute Gasteiger partial charge is 0.463 e. The van der Waals surface area contributed by atoms with E-state index in [4.69, 9.17) is 9.84 Å². The van der Waals surface area contributed by atoms with Crippen molar-refractivity contribution < 1.29 is 14.6 Å². The third kappa shape index (κ3) is 5.42. The zero-order valence-corrected chi connectivity index (χ0v) is 8.32. The van der Waals surface area contributed by atoms with Crippen LogP contribution in [0.15, 0.2) is 12.2 Å². The second-order valence-corrected chi connectivity index (χ2v) is 2.80. The normalized spacial score (nSPS) is 13.2. The van der Waals surface area contributed by atoms with Crippen molar-refractivity contribution in [2.24, 2.45) is 5.92 Å². The zero-order valence-electron chi connectivity index (χ0n) is 8.32. The maximum absolute atomic E-state index is 11.3. The Morgan fingerprint density at radius 2 is 2.31 bits per heavy atom. The van der Waals surface area contributed by atoms with Crippen LogP contribution in [0.3, 0.4) is 0 Å². The summed E-state index contributed by atoms with van der Waals surface area (Å²) in [4.78, 5) is 11.3. The van der Waals surface area contributed by atoms with E-state index >= 15 is 0 Å². The molecular formula is C10H18O3. The average Bonchev–Trinajstić information content (AvgIpc) is 2.16. The van der Waals surface area contributed by atoms with E-state index in [1.165, 1.54) is 0 Å². The van der Waals surface area contributed by atoms with Gasteiger partial charge in [0.2, 0.25) is 0 Å². The number of hydrogen-bond acceptors (Lipinski definition) is 3. The molecule has 0 aliphatic rings. The number of allylic oxidation sites excluding steroid dienone is 2. The quantitative estimate of drug-likeness (QED) is 0.505. The minimum Gasteiger partial charge on any atom is -0.463 e. The first-order valence-electron chi connectivity index (χ1n) is 4.64. The van der Waals surface area contributed by atoms with Gasteiger partial charge in [0.25, 0.3) is 0 Å². The number of carbonyl (C=O) groups excluding carboxylic acids is 1. The van der Waals surface area contributed by atoms with Crippen molar-refractivity contribution in [3.8, 4) is 0 Å². The van der Waals surface area contributed by atoms with Crippen LogP contribution in [0.1, 0.15) is 26.7 Å². The zero-order chi connectivity index (χ0) is 10.1. The van der Waals surface area contributed by atoms with Crippen molar-refractivity contribution in [1.29, 1.82) is 0 Å². The molecule has 1 unspecified atom stereocenters. The number of hydrogen-bond donors (Lipinski definition) is 1. The Kier molecular flexibility index (Phi) is 7.30. The second kappa shape index (κ2) is 7.80. The molecule has 0 fully saturated rings. The number of carbonyl (C=O) groups is 1. The van der Waals surface area contributed by atoms with Crippen molar-refractivity contribution in [3.05, 3.63) is 12.2 Å². The third-order valence-corrected chi connectivity index (χ3v) is 1.82. The Morgan fingerprint density at radius 3 is 2.77 bits per heavy atom. The van der Waals surface area contributed by atoms with Gasteiger partial charge in [0.1, 0.15) is 6.61 Å². The molecule has 0 aliphatic heterocycles. The number of ether oxygens (including phenoxy) is 1. The standard InChI is InChI=1S/C10H18O3/c1-3-5-6-9(4-2)10(12)13-8-7-11/h3,5,9,11H,4,6-8H2,1-2H3. The molecule has 0 aromatic carbocycles. The lowest BCUT2D eigenvalue weighted by Gasteiger charge is -2.10. The van der Waals surface area contributed by atoms with E-state index in [1.54, 1.807) is 0 Å². The first-order chi connectivity index (χ1) is 6.26. The SMILES string of the molecule is CC=CCC(CC)C(=O)OCCO. The minimum atomic E-state index is -0.213. The monoisotopic (exact) mass is 186 g/mol. The van der Waals surface area contributed by atoms with Crippen molar-refractivity contribution in [3.63, 3.8) is 0 Å². The number of esters is 1. The van der Waals surface area contributed by atoms with Crippen LogP contribution in [0.25, 0.3) is 0 Å². The lowest BCUT2D eigenvalue weighted by Crippen LogP contribution is -2.18. The lowest BCUT2D eigenvalue weighted by molar-refractivity contribution is -0.149. The number of rotatable bonds is 6. The first kappa shape index (κ1) is 12.2. The van der Waals surface area contributed by atoms with Crippen LogP contribution < -0.4 is 0 Å². The number of aliphatic hydroxyl groups is 1. The molecule has 76 valence electrons. The van der Waals surface area contributed by atoms with E-state index in [0.29, 0.717) is 0 Å². The molecule has 0 saturated carbocycles. The molecule has 3 heteroatoms. The molecule has 0 heterocycles. The van der Waals surface area contributed by atoms with Gasteiger partial charge in [0, 0.05) is 0 Å². The van der Waals surface area contributed by atoms with Crippen molar-refractivity contribution in [2.45, 2.75) is 26.7 Å². The Bertz CT molecular complexity index is 164. The highest BCUT2D eigenvalue weighted by atomic mass is 16.5. The Hall–Kier alpha value is -0.830. The van der Waals surface area contributed by atoms with Crippen LogP contribution in [0.2, 0.25) is 0 Å². The van der Waals surface area contributed by atoms with Gasteiger partial charge in [-0.15, -0.1) is 0 Å². The predicted molar refractivity (Wildman–Crippen MR) is 51.3 cm³/mol. The first-order valence-corrected chi connectivity index (χ1v) is 4.64. The van der Waals surface area contributed by atoms with Gasteiger partial charge in [0.05, 0.1) is 12.5 Å². The molecule has 0 radical (unpaired) electrons. The number of aliphatic hydroxyl groups excluding tert-OH is 1. The molecule has 0 bridgehead atoms. The van der Waals surface area contributed by atoms with E-state index in [1.807, 2.05) is 26.0 Å². The summed E-state index contributed by atoms with van der Waals surface area (Å²) in [5.74, 6) is -0.280. The van der Waals surface area contributed by atoms with Crippen LogP contribution in [0, 0.1) is 5.92 Å². The summed E-state index contributed by atoms with van der Waals surface area (Å²) in [6.07, 6.45) is 5.36. The second-order valence-electron chi connectivity index (χ2n) is 2.80. The molecule has 3 nitrogen and oxygen atoms in total. The van der Waals surface area contributed by atoms with Crippen LogP contribution in [0.5, 0.6) is 0 Å². The summed E-state index contributed by atoms with van der Waals surface area (Å²) in [7, 11) is 0. The fourth-order valence-electron chi connectivity index (χ4n) is 0.994. The highest BCUT2D eigenvalue weighted by molar-refractivity contribution is 5.72. The van der Waals surface area contributed by atoms with Gasteiger partial charge in [-0.2, -0.15) is 0 Å². The predicted octanol–water partition coefficient (Wildman–Crippen LogP) is 1.51. The van der Waals surface area contributed by atoms with E-state index < -0.39 is 0 Å². The molecule has 0 rings (SSSR count). The Balaban J connectivity index is 3.84. The summed E-state index contributed by atoms with van der Waals surface area (Å²) in [5.41, 5.74) is 0. The molecule has 1 atom stereocenters. The minimum absolute atomic E-state index is 0.0669. The van der Waals surface area contributed by atoms with E-state index in [-0.39, 0.29) is 25.1 Å². The Labute approximate surface area is 79.4 Å². The van der Waals surface area contributed by atoms with Crippen molar-refractivity contribution in [2.75, 3.05) is 13.2 Å². The highest BCUT2D eigenvalue weighted by Crippen LogP contribution is 2.10. The van der Waals surface area contributed by atoms with Crippen molar-refractivity contribution in [1.82, 2.24) is 0 Å². The maximum Gasteiger partial charge on any atom is 0.309 e. The lowest BCUT2D eigenvalue weighted by atomic mass is 10.0. The van der Waals surface area contributed by atoms with Gasteiger partial charge >= 0.3 is 5.97 Å². The van der Waals surface area contributed by atoms with Crippen molar-refractivity contribution >= 4 is 5.97 Å². The fraction of sp³-hybridized carbons (Fsp3) is 0.700. The van der Waals surface area contributed by atoms with Crippen LogP contribution in [0.4, 0.5) is 0 Å². The smallest absolute Gasteiger partial charge is 0.309 e. The van der Waals surface area contributed by atoms with Gasteiger partial charge < -0.3 is 9.84 Å². The van der Waals surface area contributed by atoms with E-state index in [0.717, 1.165) is 12.8 Å². The fourth-order valence-corrected chi connectivity index (χ4v) is 0.994. The maximum atomic E-state index is 11.3. The van der Waals surface area contributed by atoms with Gasteiger partial charge in [-0.1, -0.05) is 19.1 Å². The van der Waals surface area contributed by atoms with Crippen LogP contribution in [-0.4, -0.2) is 24.3 Å². The van der Waals surface area contributed by atoms with Gasteiger partial charge in [-0.3, -0.25) is 4.79 Å². The van der Waals surface area contributed by atoms with E-state index in [9.17, 15) is 4.79 Å². The molecule has 13 heavy (non-hydrogen) atoms.